The minimum atomic E-state index is -0.168. The van der Waals surface area contributed by atoms with Crippen LogP contribution in [-0.4, -0.2) is 65.2 Å². The molecule has 5 rings (SSSR count). The Morgan fingerprint density at radius 1 is 1.12 bits per heavy atom. The van der Waals surface area contributed by atoms with Crippen LogP contribution in [0.1, 0.15) is 66.9 Å². The molecule has 8 nitrogen and oxygen atoms in total. The summed E-state index contributed by atoms with van der Waals surface area (Å²) in [4.78, 5) is 40.7. The van der Waals surface area contributed by atoms with Crippen molar-refractivity contribution in [2.45, 2.75) is 52.0 Å². The fourth-order valence-corrected chi connectivity index (χ4v) is 6.28. The smallest absolute Gasteiger partial charge is 0.262 e. The van der Waals surface area contributed by atoms with E-state index in [1.807, 2.05) is 48.7 Å². The van der Waals surface area contributed by atoms with Gasteiger partial charge in [-0.15, -0.1) is 0 Å². The molecular formula is C32H39N5O3S. The van der Waals surface area contributed by atoms with Gasteiger partial charge in [0.1, 0.15) is 0 Å². The van der Waals surface area contributed by atoms with Crippen LogP contribution in [0, 0.1) is 0 Å². The number of hydrogen-bond donors (Lipinski definition) is 2. The number of rotatable bonds is 9. The summed E-state index contributed by atoms with van der Waals surface area (Å²) in [7, 11) is 3.75. The van der Waals surface area contributed by atoms with Gasteiger partial charge in [-0.3, -0.25) is 19.1 Å². The van der Waals surface area contributed by atoms with Crippen LogP contribution < -0.4 is 10.0 Å². The second kappa shape index (κ2) is 12.5. The average molecular weight is 574 g/mol. The van der Waals surface area contributed by atoms with Gasteiger partial charge < -0.3 is 14.8 Å². The number of nitrogens with zero attached hydrogens (tertiary/aromatic N) is 3. The number of carbonyl (C=O) groups excluding carboxylic acids is 3. The Labute approximate surface area is 246 Å². The van der Waals surface area contributed by atoms with E-state index in [1.54, 1.807) is 4.90 Å². The van der Waals surface area contributed by atoms with E-state index in [9.17, 15) is 14.4 Å². The molecule has 41 heavy (non-hydrogen) atoms. The standard InChI is InChI=1S/C32H39N5O3S/c1-5-6-7-10-21(2)29-26-14-13-23(31(39)34-41-35(3)4)18-27(26)37-19-24(32(40)36-16-15-33-28(38)20-36)17-22-11-8-9-12-25(22)30(29)37/h8-9,11-14,17-18,21H,5-7,10,15-16,19-20H2,1-4H3,(H,33,38)(H,34,39). The van der Waals surface area contributed by atoms with Crippen LogP contribution in [-0.2, 0) is 16.1 Å². The van der Waals surface area contributed by atoms with Gasteiger partial charge in [0.05, 0.1) is 18.8 Å². The Hall–Kier alpha value is -3.56. The molecule has 0 bridgehead atoms. The lowest BCUT2D eigenvalue weighted by Crippen LogP contribution is -2.50. The molecular weight excluding hydrogens is 534 g/mol. The molecule has 9 heteroatoms. The van der Waals surface area contributed by atoms with Gasteiger partial charge in [-0.1, -0.05) is 63.4 Å². The first kappa shape index (κ1) is 29.0. The lowest BCUT2D eigenvalue weighted by molar-refractivity contribution is -0.135. The van der Waals surface area contributed by atoms with Crippen molar-refractivity contribution >= 4 is 46.8 Å². The van der Waals surface area contributed by atoms with Gasteiger partial charge in [0, 0.05) is 52.8 Å². The van der Waals surface area contributed by atoms with E-state index in [2.05, 4.69) is 46.7 Å². The highest BCUT2D eigenvalue weighted by molar-refractivity contribution is 7.95. The maximum absolute atomic E-state index is 13.8. The highest BCUT2D eigenvalue weighted by Crippen LogP contribution is 2.44. The third-order valence-electron chi connectivity index (χ3n) is 7.89. The predicted molar refractivity (Wildman–Crippen MR) is 166 cm³/mol. The minimum absolute atomic E-state index is 0.0602. The van der Waals surface area contributed by atoms with Gasteiger partial charge in [-0.25, -0.2) is 4.31 Å². The number of nitrogens with one attached hydrogen (secondary N) is 2. The lowest BCUT2D eigenvalue weighted by atomic mass is 9.89. The zero-order chi connectivity index (χ0) is 29.1. The van der Waals surface area contributed by atoms with Crippen LogP contribution in [0.3, 0.4) is 0 Å². The molecule has 3 amide bonds. The lowest BCUT2D eigenvalue weighted by Gasteiger charge is -2.27. The molecule has 3 aromatic rings. The van der Waals surface area contributed by atoms with Gasteiger partial charge in [0.25, 0.3) is 11.8 Å². The Balaban J connectivity index is 1.67. The zero-order valence-electron chi connectivity index (χ0n) is 24.3. The SMILES string of the molecule is CCCCCC(C)c1c2n(c3cc(C(=O)NSN(C)C)ccc13)CC(C(=O)N1CCNC(=O)C1)=Cc1ccccc1-2. The van der Waals surface area contributed by atoms with E-state index in [4.69, 9.17) is 0 Å². The fourth-order valence-electron chi connectivity index (χ4n) is 5.89. The summed E-state index contributed by atoms with van der Waals surface area (Å²) in [6.07, 6.45) is 6.54. The van der Waals surface area contributed by atoms with E-state index < -0.39 is 0 Å². The molecule has 1 saturated heterocycles. The molecule has 0 radical (unpaired) electrons. The third kappa shape index (κ3) is 6.06. The zero-order valence-corrected chi connectivity index (χ0v) is 25.1. The van der Waals surface area contributed by atoms with Crippen LogP contribution in [0.4, 0.5) is 0 Å². The molecule has 1 unspecified atom stereocenters. The van der Waals surface area contributed by atoms with Crippen molar-refractivity contribution in [1.82, 2.24) is 23.8 Å². The van der Waals surface area contributed by atoms with Crippen molar-refractivity contribution in [1.29, 1.82) is 0 Å². The average Bonchev–Trinajstić information content (AvgIpc) is 3.18. The van der Waals surface area contributed by atoms with Crippen LogP contribution >= 0.6 is 12.1 Å². The Morgan fingerprint density at radius 3 is 2.68 bits per heavy atom. The summed E-state index contributed by atoms with van der Waals surface area (Å²) < 4.78 is 6.94. The van der Waals surface area contributed by atoms with Gasteiger partial charge in [0.15, 0.2) is 0 Å². The first-order chi connectivity index (χ1) is 19.8. The first-order valence-corrected chi connectivity index (χ1v) is 15.2. The van der Waals surface area contributed by atoms with Gasteiger partial charge in [-0.05, 0) is 55.8 Å². The largest absolute Gasteiger partial charge is 0.353 e. The monoisotopic (exact) mass is 573 g/mol. The van der Waals surface area contributed by atoms with Gasteiger partial charge in [0.2, 0.25) is 5.91 Å². The molecule has 0 aliphatic carbocycles. The predicted octanol–water partition coefficient (Wildman–Crippen LogP) is 5.20. The van der Waals surface area contributed by atoms with Gasteiger partial charge in [-0.2, -0.15) is 0 Å². The molecule has 2 aliphatic heterocycles. The second-order valence-corrected chi connectivity index (χ2v) is 12.3. The highest BCUT2D eigenvalue weighted by Gasteiger charge is 2.30. The van der Waals surface area contributed by atoms with Crippen molar-refractivity contribution in [2.75, 3.05) is 33.7 Å². The van der Waals surface area contributed by atoms with Crippen molar-refractivity contribution in [3.63, 3.8) is 0 Å². The quantitative estimate of drug-likeness (QED) is 0.271. The number of unbranched alkanes of at least 4 members (excludes halogenated alkanes) is 2. The van der Waals surface area contributed by atoms with Crippen LogP contribution in [0.15, 0.2) is 48.0 Å². The fraction of sp³-hybridized carbons (Fsp3) is 0.406. The number of benzene rings is 2. The van der Waals surface area contributed by atoms with E-state index >= 15 is 0 Å². The molecule has 0 saturated carbocycles. The van der Waals surface area contributed by atoms with E-state index in [-0.39, 0.29) is 24.3 Å². The Morgan fingerprint density at radius 2 is 1.93 bits per heavy atom. The second-order valence-electron chi connectivity index (χ2n) is 11.1. The van der Waals surface area contributed by atoms with E-state index in [1.165, 1.54) is 24.1 Å². The van der Waals surface area contributed by atoms with E-state index in [0.29, 0.717) is 36.7 Å². The van der Waals surface area contributed by atoms with Crippen LogP contribution in [0.25, 0.3) is 28.2 Å². The maximum atomic E-state index is 13.8. The van der Waals surface area contributed by atoms with Crippen molar-refractivity contribution in [3.05, 3.63) is 64.7 Å². The third-order valence-corrected chi connectivity index (χ3v) is 8.54. The summed E-state index contributed by atoms with van der Waals surface area (Å²) >= 11 is 1.24. The highest BCUT2D eigenvalue weighted by atomic mass is 32.2. The summed E-state index contributed by atoms with van der Waals surface area (Å²) in [6, 6.07) is 14.1. The summed E-state index contributed by atoms with van der Waals surface area (Å²) in [6.45, 7) is 5.86. The molecule has 216 valence electrons. The first-order valence-electron chi connectivity index (χ1n) is 14.4. The molecule has 2 aliphatic rings. The maximum Gasteiger partial charge on any atom is 0.262 e. The van der Waals surface area contributed by atoms with Crippen molar-refractivity contribution in [2.24, 2.45) is 0 Å². The molecule has 1 fully saturated rings. The molecule has 3 heterocycles. The number of amides is 3. The van der Waals surface area contributed by atoms with Crippen molar-refractivity contribution < 1.29 is 14.4 Å². The molecule has 2 N–H and O–H groups in total. The molecule has 1 aromatic heterocycles. The van der Waals surface area contributed by atoms with E-state index in [0.717, 1.165) is 47.0 Å². The van der Waals surface area contributed by atoms with Crippen LogP contribution in [0.2, 0.25) is 0 Å². The topological polar surface area (TPSA) is 86.7 Å². The Kier molecular flexibility index (Phi) is 8.85. The molecule has 2 aromatic carbocycles. The number of fused-ring (bicyclic) bond motifs is 5. The Bertz CT molecular complexity index is 1510. The molecule has 1 atom stereocenters. The van der Waals surface area contributed by atoms with Crippen LogP contribution in [0.5, 0.6) is 0 Å². The summed E-state index contributed by atoms with van der Waals surface area (Å²) in [5, 5.41) is 3.92. The summed E-state index contributed by atoms with van der Waals surface area (Å²) in [5.41, 5.74) is 6.57. The molecule has 0 spiro atoms. The number of carbonyl (C=O) groups is 3. The summed E-state index contributed by atoms with van der Waals surface area (Å²) in [5.74, 6) is -0.141. The number of piperazine rings is 1. The minimum Gasteiger partial charge on any atom is -0.353 e. The number of aromatic nitrogens is 1. The number of hydrogen-bond acceptors (Lipinski definition) is 5. The van der Waals surface area contributed by atoms with Crippen molar-refractivity contribution in [3.8, 4) is 11.3 Å². The normalized spacial score (nSPS) is 15.6. The van der Waals surface area contributed by atoms with Gasteiger partial charge >= 0.3 is 0 Å².